The molecule has 2 aromatic carbocycles. The van der Waals surface area contributed by atoms with Crippen LogP contribution < -0.4 is 4.72 Å². The second-order valence-corrected chi connectivity index (χ2v) is 10.8. The van der Waals surface area contributed by atoms with E-state index in [-0.39, 0.29) is 43.5 Å². The Hall–Kier alpha value is -2.38. The minimum atomic E-state index is -3.95. The molecule has 0 spiro atoms. The number of carbonyl (C=O) groups excluding carboxylic acids is 1. The molecule has 2 aromatic rings. The summed E-state index contributed by atoms with van der Waals surface area (Å²) in [5.74, 6) is -0.346. The molecule has 11 heteroatoms. The molecule has 0 bridgehead atoms. The molecule has 0 unspecified atom stereocenters. The SMILES string of the molecule is Cc1ccc(S(=O)(=O)N[C@H](Cc2ccccc2)C(=O)N2CCOCCOCCOCCOCCOCC2)cc1. The Morgan fingerprint density at radius 1 is 0.744 bits per heavy atom. The van der Waals surface area contributed by atoms with Crippen molar-refractivity contribution in [2.75, 3.05) is 79.2 Å². The topological polar surface area (TPSA) is 113 Å². The molecule has 1 heterocycles. The molecule has 0 aromatic heterocycles. The fraction of sp³-hybridized carbons (Fsp3) is 0.536. The van der Waals surface area contributed by atoms with Crippen molar-refractivity contribution < 1.29 is 36.9 Å². The monoisotopic (exact) mass is 564 g/mol. The van der Waals surface area contributed by atoms with Gasteiger partial charge in [-0.25, -0.2) is 8.42 Å². The van der Waals surface area contributed by atoms with E-state index >= 15 is 0 Å². The molecule has 10 nitrogen and oxygen atoms in total. The van der Waals surface area contributed by atoms with Crippen LogP contribution in [0.1, 0.15) is 11.1 Å². The number of hydrogen-bond donors (Lipinski definition) is 1. The van der Waals surface area contributed by atoms with Gasteiger partial charge in [-0.05, 0) is 31.0 Å². The fourth-order valence-corrected chi connectivity index (χ4v) is 5.07. The maximum Gasteiger partial charge on any atom is 0.241 e. The molecule has 39 heavy (non-hydrogen) atoms. The Morgan fingerprint density at radius 3 is 1.69 bits per heavy atom. The Morgan fingerprint density at radius 2 is 1.21 bits per heavy atom. The number of aryl methyl sites for hydroxylation is 1. The summed E-state index contributed by atoms with van der Waals surface area (Å²) < 4.78 is 56.9. The summed E-state index contributed by atoms with van der Waals surface area (Å²) in [4.78, 5) is 15.5. The van der Waals surface area contributed by atoms with Crippen molar-refractivity contribution >= 4 is 15.9 Å². The molecule has 0 saturated carbocycles. The molecular weight excluding hydrogens is 524 g/mol. The van der Waals surface area contributed by atoms with Gasteiger partial charge in [0.15, 0.2) is 0 Å². The van der Waals surface area contributed by atoms with Crippen molar-refractivity contribution in [1.29, 1.82) is 0 Å². The Bertz CT molecular complexity index is 1050. The normalized spacial score (nSPS) is 18.5. The Balaban J connectivity index is 1.72. The van der Waals surface area contributed by atoms with Crippen molar-refractivity contribution in [3.8, 4) is 0 Å². The largest absolute Gasteiger partial charge is 0.377 e. The van der Waals surface area contributed by atoms with Crippen molar-refractivity contribution in [3.63, 3.8) is 0 Å². The molecule has 1 aliphatic rings. The van der Waals surface area contributed by atoms with Gasteiger partial charge in [-0.15, -0.1) is 0 Å². The summed E-state index contributed by atoms with van der Waals surface area (Å²) >= 11 is 0. The number of sulfonamides is 1. The van der Waals surface area contributed by atoms with Crippen molar-refractivity contribution in [3.05, 3.63) is 65.7 Å². The van der Waals surface area contributed by atoms with E-state index in [1.165, 1.54) is 12.1 Å². The standard InChI is InChI=1S/C28H40N2O8S/c1-24-7-9-26(10-8-24)39(32,33)29-27(23-25-5-3-2-4-6-25)28(31)30-11-13-34-15-17-36-19-21-38-22-20-37-18-16-35-14-12-30/h2-10,27,29H,11-23H2,1H3/t27-/m1/s1. The highest BCUT2D eigenvalue weighted by atomic mass is 32.2. The summed E-state index contributed by atoms with van der Waals surface area (Å²) in [6, 6.07) is 14.9. The van der Waals surface area contributed by atoms with Gasteiger partial charge in [-0.3, -0.25) is 4.79 Å². The second kappa shape index (κ2) is 17.3. The third kappa shape index (κ3) is 11.7. The van der Waals surface area contributed by atoms with Crippen LogP contribution in [0.3, 0.4) is 0 Å². The van der Waals surface area contributed by atoms with Gasteiger partial charge in [-0.2, -0.15) is 4.72 Å². The molecule has 1 atom stereocenters. The van der Waals surface area contributed by atoms with Gasteiger partial charge in [-0.1, -0.05) is 48.0 Å². The van der Waals surface area contributed by atoms with E-state index in [1.54, 1.807) is 17.0 Å². The molecule has 1 N–H and O–H groups in total. The number of amides is 1. The summed E-state index contributed by atoms with van der Waals surface area (Å²) in [5, 5.41) is 0. The van der Waals surface area contributed by atoms with Crippen LogP contribution >= 0.6 is 0 Å². The van der Waals surface area contributed by atoms with Crippen LogP contribution in [0, 0.1) is 6.92 Å². The average Bonchev–Trinajstić information content (AvgIpc) is 2.93. The van der Waals surface area contributed by atoms with Crippen molar-refractivity contribution in [2.45, 2.75) is 24.3 Å². The van der Waals surface area contributed by atoms with Crippen LogP contribution in [-0.2, 0) is 44.9 Å². The van der Waals surface area contributed by atoms with E-state index in [9.17, 15) is 13.2 Å². The minimum absolute atomic E-state index is 0.107. The summed E-state index contributed by atoms with van der Waals surface area (Å²) in [7, 11) is -3.95. The lowest BCUT2D eigenvalue weighted by Gasteiger charge is -2.28. The Kier molecular flexibility index (Phi) is 13.9. The van der Waals surface area contributed by atoms with Crippen LogP contribution in [0.5, 0.6) is 0 Å². The Labute approximate surface area is 231 Å². The van der Waals surface area contributed by atoms with Crippen LogP contribution in [-0.4, -0.2) is 104 Å². The highest BCUT2D eigenvalue weighted by Gasteiger charge is 2.29. The van der Waals surface area contributed by atoms with E-state index in [0.29, 0.717) is 52.9 Å². The molecule has 216 valence electrons. The van der Waals surface area contributed by atoms with Gasteiger partial charge in [0.05, 0.1) is 71.0 Å². The van der Waals surface area contributed by atoms with E-state index < -0.39 is 16.1 Å². The van der Waals surface area contributed by atoms with Crippen LogP contribution in [0.15, 0.2) is 59.5 Å². The van der Waals surface area contributed by atoms with Gasteiger partial charge in [0.25, 0.3) is 0 Å². The lowest BCUT2D eigenvalue weighted by molar-refractivity contribution is -0.134. The third-order valence-corrected chi connectivity index (χ3v) is 7.51. The molecule has 1 saturated heterocycles. The van der Waals surface area contributed by atoms with E-state index in [0.717, 1.165) is 11.1 Å². The predicted molar refractivity (Wildman–Crippen MR) is 146 cm³/mol. The number of benzene rings is 2. The fourth-order valence-electron chi connectivity index (χ4n) is 3.89. The van der Waals surface area contributed by atoms with Gasteiger partial charge >= 0.3 is 0 Å². The van der Waals surface area contributed by atoms with Crippen molar-refractivity contribution in [1.82, 2.24) is 9.62 Å². The van der Waals surface area contributed by atoms with Gasteiger partial charge in [0.1, 0.15) is 6.04 Å². The van der Waals surface area contributed by atoms with Crippen LogP contribution in [0.2, 0.25) is 0 Å². The maximum atomic E-state index is 13.8. The summed E-state index contributed by atoms with van der Waals surface area (Å²) in [5.41, 5.74) is 1.79. The molecule has 0 radical (unpaired) electrons. The zero-order valence-electron chi connectivity index (χ0n) is 22.6. The zero-order valence-corrected chi connectivity index (χ0v) is 23.4. The molecule has 1 amide bonds. The number of carbonyl (C=O) groups is 1. The lowest BCUT2D eigenvalue weighted by Crippen LogP contribution is -2.51. The highest BCUT2D eigenvalue weighted by Crippen LogP contribution is 2.14. The number of nitrogens with zero attached hydrogens (tertiary/aromatic N) is 1. The summed E-state index contributed by atoms with van der Waals surface area (Å²) in [6.45, 7) is 6.41. The zero-order chi connectivity index (χ0) is 27.8. The van der Waals surface area contributed by atoms with Gasteiger partial charge in [0.2, 0.25) is 15.9 Å². The molecule has 1 fully saturated rings. The molecule has 1 aliphatic heterocycles. The minimum Gasteiger partial charge on any atom is -0.377 e. The number of ether oxygens (including phenoxy) is 5. The van der Waals surface area contributed by atoms with Crippen molar-refractivity contribution in [2.24, 2.45) is 0 Å². The van der Waals surface area contributed by atoms with E-state index in [2.05, 4.69) is 4.72 Å². The first kappa shape index (κ1) is 31.2. The van der Waals surface area contributed by atoms with Gasteiger partial charge in [0, 0.05) is 13.1 Å². The van der Waals surface area contributed by atoms with Gasteiger partial charge < -0.3 is 28.6 Å². The molecule has 0 aliphatic carbocycles. The smallest absolute Gasteiger partial charge is 0.241 e. The quantitative estimate of drug-likeness (QED) is 0.566. The average molecular weight is 565 g/mol. The number of rotatable bonds is 6. The van der Waals surface area contributed by atoms with Crippen LogP contribution in [0.4, 0.5) is 0 Å². The van der Waals surface area contributed by atoms with E-state index in [4.69, 9.17) is 23.7 Å². The summed E-state index contributed by atoms with van der Waals surface area (Å²) in [6.07, 6.45) is 0.201. The first-order valence-electron chi connectivity index (χ1n) is 13.3. The third-order valence-electron chi connectivity index (χ3n) is 6.02. The first-order chi connectivity index (χ1) is 19.0. The first-order valence-corrected chi connectivity index (χ1v) is 14.7. The van der Waals surface area contributed by atoms with E-state index in [1.807, 2.05) is 37.3 Å². The predicted octanol–water partition coefficient (Wildman–Crippen LogP) is 1.81. The molecule has 3 rings (SSSR count). The molecular formula is C28H40N2O8S. The maximum absolute atomic E-state index is 13.8. The highest BCUT2D eigenvalue weighted by molar-refractivity contribution is 7.89. The number of nitrogens with one attached hydrogen (secondary N) is 1. The second-order valence-electron chi connectivity index (χ2n) is 9.06. The van der Waals surface area contributed by atoms with Crippen LogP contribution in [0.25, 0.3) is 0 Å². The number of hydrogen-bond acceptors (Lipinski definition) is 8. The lowest BCUT2D eigenvalue weighted by atomic mass is 10.1.